The van der Waals surface area contributed by atoms with Gasteiger partial charge in [-0.1, -0.05) is 30.3 Å². The molecule has 3 aromatic carbocycles. The molecule has 0 heterocycles. The van der Waals surface area contributed by atoms with Crippen molar-refractivity contribution < 1.29 is 19.1 Å². The van der Waals surface area contributed by atoms with Gasteiger partial charge in [0.25, 0.3) is 11.8 Å². The molecule has 6 heteroatoms. The lowest BCUT2D eigenvalue weighted by Crippen LogP contribution is -2.33. The summed E-state index contributed by atoms with van der Waals surface area (Å²) >= 11 is 0. The highest BCUT2D eigenvalue weighted by molar-refractivity contribution is 5.94. The number of methoxy groups -OCH3 is 1. The van der Waals surface area contributed by atoms with E-state index in [0.29, 0.717) is 22.7 Å². The van der Waals surface area contributed by atoms with Crippen LogP contribution in [0.15, 0.2) is 72.8 Å². The lowest BCUT2D eigenvalue weighted by Gasteiger charge is -2.33. The highest BCUT2D eigenvalue weighted by Gasteiger charge is 2.27. The van der Waals surface area contributed by atoms with Crippen LogP contribution in [0.5, 0.6) is 11.5 Å². The minimum Gasteiger partial charge on any atom is -0.497 e. The zero-order valence-electron chi connectivity index (χ0n) is 18.9. The Hall–Kier alpha value is -3.80. The second-order valence-electron chi connectivity index (χ2n) is 8.12. The van der Waals surface area contributed by atoms with E-state index in [2.05, 4.69) is 23.5 Å². The SMILES string of the molecule is COc1cccc(NC(=O)COc2ccc(C(=O)N(C)C3CCCc4ccccc43)cc2)c1. The number of nitrogens with one attached hydrogen (secondary N) is 1. The van der Waals surface area contributed by atoms with Crippen molar-refractivity contribution in [2.75, 3.05) is 26.1 Å². The molecule has 170 valence electrons. The van der Waals surface area contributed by atoms with E-state index in [9.17, 15) is 9.59 Å². The van der Waals surface area contributed by atoms with E-state index in [1.54, 1.807) is 55.6 Å². The van der Waals surface area contributed by atoms with Crippen molar-refractivity contribution in [3.63, 3.8) is 0 Å². The summed E-state index contributed by atoms with van der Waals surface area (Å²) in [6.45, 7) is -0.136. The number of ether oxygens (including phenoxy) is 2. The van der Waals surface area contributed by atoms with Gasteiger partial charge in [0.05, 0.1) is 13.2 Å². The van der Waals surface area contributed by atoms with Gasteiger partial charge in [-0.25, -0.2) is 0 Å². The Bertz CT molecular complexity index is 1130. The number of carbonyl (C=O) groups is 2. The molecule has 0 saturated carbocycles. The first kappa shape index (κ1) is 22.4. The fraction of sp³-hybridized carbons (Fsp3) is 0.259. The van der Waals surface area contributed by atoms with Crippen molar-refractivity contribution in [3.05, 3.63) is 89.5 Å². The van der Waals surface area contributed by atoms with Crippen LogP contribution in [0.4, 0.5) is 5.69 Å². The Labute approximate surface area is 194 Å². The molecule has 1 aliphatic carbocycles. The minimum atomic E-state index is -0.279. The molecule has 2 amide bonds. The molecule has 0 aromatic heterocycles. The van der Waals surface area contributed by atoms with E-state index >= 15 is 0 Å². The number of hydrogen-bond acceptors (Lipinski definition) is 4. The van der Waals surface area contributed by atoms with Crippen molar-refractivity contribution in [2.45, 2.75) is 25.3 Å². The minimum absolute atomic E-state index is 0.0287. The van der Waals surface area contributed by atoms with Crippen LogP contribution in [0, 0.1) is 0 Å². The van der Waals surface area contributed by atoms with E-state index < -0.39 is 0 Å². The number of anilines is 1. The molecule has 6 nitrogen and oxygen atoms in total. The Morgan fingerprint density at radius 2 is 1.79 bits per heavy atom. The van der Waals surface area contributed by atoms with Crippen LogP contribution in [0.25, 0.3) is 0 Å². The third-order valence-electron chi connectivity index (χ3n) is 5.95. The van der Waals surface area contributed by atoms with Crippen molar-refractivity contribution in [3.8, 4) is 11.5 Å². The third-order valence-corrected chi connectivity index (χ3v) is 5.95. The summed E-state index contributed by atoms with van der Waals surface area (Å²) in [6.07, 6.45) is 3.10. The van der Waals surface area contributed by atoms with Crippen LogP contribution >= 0.6 is 0 Å². The number of fused-ring (bicyclic) bond motifs is 1. The van der Waals surface area contributed by atoms with Crippen molar-refractivity contribution in [1.29, 1.82) is 0 Å². The molecule has 4 rings (SSSR count). The molecular weight excluding hydrogens is 416 g/mol. The van der Waals surface area contributed by atoms with Gasteiger partial charge in [-0.3, -0.25) is 9.59 Å². The average molecular weight is 445 g/mol. The quantitative estimate of drug-likeness (QED) is 0.565. The van der Waals surface area contributed by atoms with Crippen molar-refractivity contribution in [2.24, 2.45) is 0 Å². The van der Waals surface area contributed by atoms with E-state index in [0.717, 1.165) is 19.3 Å². The Kier molecular flexibility index (Phi) is 6.93. The molecule has 1 atom stereocenters. The lowest BCUT2D eigenvalue weighted by molar-refractivity contribution is -0.118. The molecule has 33 heavy (non-hydrogen) atoms. The second-order valence-corrected chi connectivity index (χ2v) is 8.12. The van der Waals surface area contributed by atoms with E-state index in [4.69, 9.17) is 9.47 Å². The maximum Gasteiger partial charge on any atom is 0.262 e. The first-order chi connectivity index (χ1) is 16.0. The fourth-order valence-electron chi connectivity index (χ4n) is 4.22. The molecule has 1 unspecified atom stereocenters. The topological polar surface area (TPSA) is 67.9 Å². The van der Waals surface area contributed by atoms with Gasteiger partial charge in [-0.05, 0) is 66.8 Å². The van der Waals surface area contributed by atoms with E-state index in [-0.39, 0.29) is 24.5 Å². The van der Waals surface area contributed by atoms with E-state index in [1.807, 2.05) is 18.0 Å². The molecular formula is C27H28N2O4. The summed E-state index contributed by atoms with van der Waals surface area (Å²) in [5, 5.41) is 2.77. The van der Waals surface area contributed by atoms with Crippen LogP contribution in [-0.2, 0) is 11.2 Å². The number of nitrogens with zero attached hydrogens (tertiary/aromatic N) is 1. The summed E-state index contributed by atoms with van der Waals surface area (Å²) in [7, 11) is 3.44. The largest absolute Gasteiger partial charge is 0.497 e. The first-order valence-electron chi connectivity index (χ1n) is 11.1. The summed E-state index contributed by atoms with van der Waals surface area (Å²) in [5.74, 6) is 0.881. The predicted octanol–water partition coefficient (Wildman–Crippen LogP) is 4.86. The highest BCUT2D eigenvalue weighted by Crippen LogP contribution is 2.34. The predicted molar refractivity (Wildman–Crippen MR) is 128 cm³/mol. The third kappa shape index (κ3) is 5.34. The summed E-state index contributed by atoms with van der Waals surface area (Å²) in [4.78, 5) is 27.1. The Morgan fingerprint density at radius 1 is 1.00 bits per heavy atom. The zero-order chi connectivity index (χ0) is 23.2. The Morgan fingerprint density at radius 3 is 2.58 bits per heavy atom. The van der Waals surface area contributed by atoms with Crippen molar-refractivity contribution >= 4 is 17.5 Å². The summed E-state index contributed by atoms with van der Waals surface area (Å²) in [6, 6.07) is 22.5. The number of hydrogen-bond donors (Lipinski definition) is 1. The summed E-state index contributed by atoms with van der Waals surface area (Å²) < 4.78 is 10.7. The number of carbonyl (C=O) groups excluding carboxylic acids is 2. The van der Waals surface area contributed by atoms with Gasteiger partial charge in [0.2, 0.25) is 0 Å². The molecule has 0 aliphatic heterocycles. The fourth-order valence-corrected chi connectivity index (χ4v) is 4.22. The van der Waals surface area contributed by atoms with Gasteiger partial charge in [-0.2, -0.15) is 0 Å². The number of rotatable bonds is 7. The van der Waals surface area contributed by atoms with Crippen LogP contribution in [0.3, 0.4) is 0 Å². The lowest BCUT2D eigenvalue weighted by atomic mass is 9.87. The normalized spacial score (nSPS) is 14.7. The van der Waals surface area contributed by atoms with Crippen LogP contribution in [-0.4, -0.2) is 37.5 Å². The van der Waals surface area contributed by atoms with Crippen molar-refractivity contribution in [1.82, 2.24) is 4.90 Å². The van der Waals surface area contributed by atoms with Gasteiger partial charge < -0.3 is 19.7 Å². The van der Waals surface area contributed by atoms with Gasteiger partial charge in [0, 0.05) is 24.4 Å². The summed E-state index contributed by atoms with van der Waals surface area (Å²) in [5.41, 5.74) is 3.79. The maximum atomic E-state index is 13.1. The van der Waals surface area contributed by atoms with Gasteiger partial charge in [-0.15, -0.1) is 0 Å². The first-order valence-corrected chi connectivity index (χ1v) is 11.1. The molecule has 1 N–H and O–H groups in total. The molecule has 3 aromatic rings. The molecule has 0 saturated heterocycles. The molecule has 0 spiro atoms. The number of benzene rings is 3. The Balaban J connectivity index is 1.34. The smallest absolute Gasteiger partial charge is 0.262 e. The van der Waals surface area contributed by atoms with Gasteiger partial charge in [0.1, 0.15) is 11.5 Å². The standard InChI is InChI=1S/C27H28N2O4/c1-29(25-12-5-8-19-7-3-4-11-24(19)25)27(31)20-13-15-22(16-14-20)33-18-26(30)28-21-9-6-10-23(17-21)32-2/h3-4,6-7,9-11,13-17,25H,5,8,12,18H2,1-2H3,(H,28,30). The van der Waals surface area contributed by atoms with Crippen LogP contribution in [0.1, 0.15) is 40.4 Å². The zero-order valence-corrected chi connectivity index (χ0v) is 18.9. The number of amides is 2. The molecule has 0 radical (unpaired) electrons. The molecule has 1 aliphatic rings. The van der Waals surface area contributed by atoms with Crippen LogP contribution < -0.4 is 14.8 Å². The number of aryl methyl sites for hydroxylation is 1. The van der Waals surface area contributed by atoms with Crippen LogP contribution in [0.2, 0.25) is 0 Å². The monoisotopic (exact) mass is 444 g/mol. The average Bonchev–Trinajstić information content (AvgIpc) is 2.86. The van der Waals surface area contributed by atoms with E-state index in [1.165, 1.54) is 11.1 Å². The molecule has 0 fully saturated rings. The maximum absolute atomic E-state index is 13.1. The molecule has 0 bridgehead atoms. The van der Waals surface area contributed by atoms with Gasteiger partial charge in [0.15, 0.2) is 6.61 Å². The second kappa shape index (κ2) is 10.2. The van der Waals surface area contributed by atoms with Gasteiger partial charge >= 0.3 is 0 Å². The highest BCUT2D eigenvalue weighted by atomic mass is 16.5.